The van der Waals surface area contributed by atoms with Crippen molar-refractivity contribution in [3.63, 3.8) is 0 Å². The Hall–Kier alpha value is -1.11. The summed E-state index contributed by atoms with van der Waals surface area (Å²) in [5, 5.41) is 0. The molecule has 0 aromatic carbocycles. The molecular formula is C32H48O. The molecule has 0 aromatic heterocycles. The predicted molar refractivity (Wildman–Crippen MR) is 139 cm³/mol. The number of carbonyl (C=O) groups is 1. The van der Waals surface area contributed by atoms with Gasteiger partial charge in [-0.1, -0.05) is 82.4 Å². The summed E-state index contributed by atoms with van der Waals surface area (Å²) in [5.41, 5.74) is 4.74. The van der Waals surface area contributed by atoms with Crippen molar-refractivity contribution < 1.29 is 4.79 Å². The van der Waals surface area contributed by atoms with Gasteiger partial charge < -0.3 is 0 Å². The summed E-state index contributed by atoms with van der Waals surface area (Å²) in [4.78, 5) is 13.5. The predicted octanol–water partition coefficient (Wildman–Crippen LogP) is 8.85. The lowest BCUT2D eigenvalue weighted by molar-refractivity contribution is -0.141. The minimum absolute atomic E-state index is 0.147. The molecule has 5 rings (SSSR count). The summed E-state index contributed by atoms with van der Waals surface area (Å²) in [6.45, 7) is 18.4. The van der Waals surface area contributed by atoms with E-state index in [9.17, 15) is 4.79 Å². The second kappa shape index (κ2) is 8.23. The minimum atomic E-state index is -0.167. The monoisotopic (exact) mass is 448 g/mol. The summed E-state index contributed by atoms with van der Waals surface area (Å²) in [5.74, 6) is 4.20. The van der Waals surface area contributed by atoms with E-state index in [4.69, 9.17) is 0 Å². The first kappa shape index (κ1) is 23.6. The van der Waals surface area contributed by atoms with Crippen molar-refractivity contribution in [2.24, 2.45) is 45.8 Å². The zero-order valence-electron chi connectivity index (χ0n) is 22.0. The van der Waals surface area contributed by atoms with Gasteiger partial charge in [0.1, 0.15) is 5.78 Å². The summed E-state index contributed by atoms with van der Waals surface area (Å²) < 4.78 is 0. The lowest BCUT2D eigenvalue weighted by Crippen LogP contribution is -2.55. The third-order valence-electron chi connectivity index (χ3n) is 12.0. The van der Waals surface area contributed by atoms with Gasteiger partial charge in [-0.15, -0.1) is 0 Å². The lowest BCUT2D eigenvalue weighted by atomic mass is 9.43. The minimum Gasteiger partial charge on any atom is -0.299 e. The molecule has 4 saturated carbocycles. The quantitative estimate of drug-likeness (QED) is 0.384. The van der Waals surface area contributed by atoms with Crippen LogP contribution in [-0.2, 0) is 4.79 Å². The molecule has 0 N–H and O–H groups in total. The fourth-order valence-electron chi connectivity index (χ4n) is 10.3. The van der Waals surface area contributed by atoms with Gasteiger partial charge >= 0.3 is 0 Å². The van der Waals surface area contributed by atoms with Gasteiger partial charge in [0.15, 0.2) is 0 Å². The van der Waals surface area contributed by atoms with E-state index in [1.54, 1.807) is 5.57 Å². The molecule has 5 aliphatic carbocycles. The van der Waals surface area contributed by atoms with Crippen molar-refractivity contribution in [2.45, 2.75) is 111 Å². The molecule has 0 bridgehead atoms. The first-order valence-corrected chi connectivity index (χ1v) is 14.2. The van der Waals surface area contributed by atoms with Crippen LogP contribution in [0.2, 0.25) is 0 Å². The van der Waals surface area contributed by atoms with E-state index < -0.39 is 0 Å². The highest BCUT2D eigenvalue weighted by molar-refractivity contribution is 5.84. The van der Waals surface area contributed by atoms with Gasteiger partial charge in [-0.3, -0.25) is 4.79 Å². The highest BCUT2D eigenvalue weighted by Gasteiger charge is 2.66. The number of hydrogen-bond acceptors (Lipinski definition) is 1. The summed E-state index contributed by atoms with van der Waals surface area (Å²) in [7, 11) is 0. The van der Waals surface area contributed by atoms with E-state index in [1.165, 1.54) is 68.9 Å². The SMILES string of the molecule is C=C1C=C2[C@@H](C)CC3C4CC[C@](CC(=C)CC5CCCC5)(C(C)=O)C4(C)CC[C@@H]3C2(C)CC1. The molecule has 0 radical (unpaired) electrons. The number of allylic oxidation sites excluding steroid dienone is 4. The van der Waals surface area contributed by atoms with E-state index >= 15 is 0 Å². The van der Waals surface area contributed by atoms with Crippen molar-refractivity contribution >= 4 is 5.78 Å². The van der Waals surface area contributed by atoms with Gasteiger partial charge in [0.25, 0.3) is 0 Å². The highest BCUT2D eigenvalue weighted by atomic mass is 16.1. The number of fused-ring (bicyclic) bond motifs is 5. The molecule has 7 atom stereocenters. The van der Waals surface area contributed by atoms with Gasteiger partial charge in [-0.05, 0) is 105 Å². The molecule has 4 fully saturated rings. The number of hydrogen-bond donors (Lipinski definition) is 0. The Kier molecular flexibility index (Phi) is 5.90. The zero-order valence-corrected chi connectivity index (χ0v) is 22.0. The third kappa shape index (κ3) is 3.49. The van der Waals surface area contributed by atoms with Crippen LogP contribution in [0.5, 0.6) is 0 Å². The molecule has 0 aromatic rings. The molecule has 4 unspecified atom stereocenters. The van der Waals surface area contributed by atoms with Crippen molar-refractivity contribution in [3.8, 4) is 0 Å². The maximum atomic E-state index is 13.5. The molecule has 0 aliphatic heterocycles. The summed E-state index contributed by atoms with van der Waals surface area (Å²) >= 11 is 0. The van der Waals surface area contributed by atoms with E-state index in [1.807, 2.05) is 6.92 Å². The largest absolute Gasteiger partial charge is 0.299 e. The van der Waals surface area contributed by atoms with Crippen LogP contribution in [0.1, 0.15) is 111 Å². The molecule has 0 spiro atoms. The smallest absolute Gasteiger partial charge is 0.136 e. The zero-order chi connectivity index (χ0) is 23.6. The lowest BCUT2D eigenvalue weighted by Gasteiger charge is -2.61. The standard InChI is InChI=1S/C32H48O/c1-21-11-14-30(5)27-12-15-31(6)28(26(27)19-23(3)29(30)18-21)13-16-32(31,24(4)33)20-22(2)17-25-9-7-8-10-25/h18,23,25-28H,1-2,7-17,19-20H2,3-6H3/t23-,26?,27-,28?,30?,31?,32-/m0/s1. The van der Waals surface area contributed by atoms with E-state index in [0.29, 0.717) is 23.0 Å². The number of rotatable bonds is 5. The normalized spacial score (nSPS) is 45.2. The van der Waals surface area contributed by atoms with Crippen LogP contribution in [0.25, 0.3) is 0 Å². The topological polar surface area (TPSA) is 17.1 Å². The molecular weight excluding hydrogens is 400 g/mol. The Balaban J connectivity index is 1.43. The average Bonchev–Trinajstić information content (AvgIpc) is 3.36. The van der Waals surface area contributed by atoms with Crippen molar-refractivity contribution in [1.29, 1.82) is 0 Å². The third-order valence-corrected chi connectivity index (χ3v) is 12.0. The molecule has 5 aliphatic rings. The van der Waals surface area contributed by atoms with Crippen LogP contribution < -0.4 is 0 Å². The summed E-state index contributed by atoms with van der Waals surface area (Å²) in [6.07, 6.45) is 18.7. The van der Waals surface area contributed by atoms with Crippen LogP contribution in [-0.4, -0.2) is 5.78 Å². The number of carbonyl (C=O) groups excluding carboxylic acids is 1. The fraction of sp³-hybridized carbons (Fsp3) is 0.781. The summed E-state index contributed by atoms with van der Waals surface area (Å²) in [6, 6.07) is 0. The Labute approximate surface area is 203 Å². The van der Waals surface area contributed by atoms with Crippen LogP contribution >= 0.6 is 0 Å². The second-order valence-corrected chi connectivity index (χ2v) is 13.6. The van der Waals surface area contributed by atoms with Gasteiger partial charge in [-0.2, -0.15) is 0 Å². The highest BCUT2D eigenvalue weighted by Crippen LogP contribution is 2.72. The van der Waals surface area contributed by atoms with Crippen LogP contribution in [0.15, 0.2) is 36.0 Å². The van der Waals surface area contributed by atoms with Gasteiger partial charge in [-0.25, -0.2) is 0 Å². The molecule has 0 amide bonds. The van der Waals surface area contributed by atoms with Gasteiger partial charge in [0, 0.05) is 5.41 Å². The average molecular weight is 449 g/mol. The van der Waals surface area contributed by atoms with Crippen molar-refractivity contribution in [1.82, 2.24) is 0 Å². The molecule has 33 heavy (non-hydrogen) atoms. The van der Waals surface area contributed by atoms with Crippen LogP contribution in [0.4, 0.5) is 0 Å². The van der Waals surface area contributed by atoms with Crippen molar-refractivity contribution in [2.75, 3.05) is 0 Å². The Bertz CT molecular complexity index is 871. The van der Waals surface area contributed by atoms with E-state index in [2.05, 4.69) is 40.0 Å². The molecule has 182 valence electrons. The second-order valence-electron chi connectivity index (χ2n) is 13.6. The molecule has 1 heteroatoms. The maximum Gasteiger partial charge on any atom is 0.136 e. The maximum absolute atomic E-state index is 13.5. The number of ketones is 1. The first-order valence-electron chi connectivity index (χ1n) is 14.2. The van der Waals surface area contributed by atoms with E-state index in [0.717, 1.165) is 43.4 Å². The van der Waals surface area contributed by atoms with Crippen LogP contribution in [0, 0.1) is 45.8 Å². The first-order chi connectivity index (χ1) is 15.6. The van der Waals surface area contributed by atoms with Crippen LogP contribution in [0.3, 0.4) is 0 Å². The Morgan fingerprint density at radius 1 is 1.06 bits per heavy atom. The van der Waals surface area contributed by atoms with Crippen molar-refractivity contribution in [3.05, 3.63) is 36.0 Å². The van der Waals surface area contributed by atoms with E-state index in [-0.39, 0.29) is 10.8 Å². The van der Waals surface area contributed by atoms with Gasteiger partial charge in [0.2, 0.25) is 0 Å². The van der Waals surface area contributed by atoms with Gasteiger partial charge in [0.05, 0.1) is 0 Å². The molecule has 0 heterocycles. The Morgan fingerprint density at radius 3 is 2.45 bits per heavy atom. The fourth-order valence-corrected chi connectivity index (χ4v) is 10.3. The number of Topliss-reactive ketones (excluding diaryl/α,β-unsaturated/α-hetero) is 1. The molecule has 1 nitrogen and oxygen atoms in total. The molecule has 0 saturated heterocycles. The Morgan fingerprint density at radius 2 is 1.76 bits per heavy atom.